The molecule has 0 spiro atoms. The Morgan fingerprint density at radius 2 is 2.20 bits per heavy atom. The number of benzene rings is 1. The normalized spacial score (nSPS) is 25.3. The zero-order valence-corrected chi connectivity index (χ0v) is 13.5. The van der Waals surface area contributed by atoms with E-state index in [0.29, 0.717) is 18.4 Å². The van der Waals surface area contributed by atoms with E-state index < -0.39 is 0 Å². The molecule has 0 aromatic heterocycles. The highest BCUT2D eigenvalue weighted by molar-refractivity contribution is 9.10. The average Bonchev–Trinajstić information content (AvgIpc) is 2.43. The number of hydrogen-bond acceptors (Lipinski definition) is 3. The molecule has 0 radical (unpaired) electrons. The van der Waals surface area contributed by atoms with E-state index in [4.69, 9.17) is 9.47 Å². The van der Waals surface area contributed by atoms with Crippen LogP contribution < -0.4 is 10.1 Å². The third-order valence-corrected chi connectivity index (χ3v) is 4.09. The summed E-state index contributed by atoms with van der Waals surface area (Å²) in [5, 5.41) is 3.45. The van der Waals surface area contributed by atoms with Gasteiger partial charge >= 0.3 is 0 Å². The molecular weight excluding hydrogens is 325 g/mol. The van der Waals surface area contributed by atoms with E-state index in [1.807, 2.05) is 6.92 Å². The molecule has 0 aliphatic heterocycles. The second-order valence-corrected chi connectivity index (χ2v) is 5.80. The van der Waals surface area contributed by atoms with Crippen LogP contribution in [0.4, 0.5) is 4.39 Å². The summed E-state index contributed by atoms with van der Waals surface area (Å²) < 4.78 is 25.7. The molecule has 1 saturated carbocycles. The predicted octanol–water partition coefficient (Wildman–Crippen LogP) is 3.51. The van der Waals surface area contributed by atoms with Crippen molar-refractivity contribution in [2.45, 2.75) is 44.9 Å². The van der Waals surface area contributed by atoms with Gasteiger partial charge in [0.05, 0.1) is 4.47 Å². The van der Waals surface area contributed by atoms with Crippen molar-refractivity contribution in [1.82, 2.24) is 5.32 Å². The highest BCUT2D eigenvalue weighted by Crippen LogP contribution is 2.33. The van der Waals surface area contributed by atoms with Gasteiger partial charge in [-0.15, -0.1) is 0 Å². The SMILES string of the molecule is CCCNC1CC(Oc2cc(F)ccc2Br)C1OCC. The van der Waals surface area contributed by atoms with Gasteiger partial charge in [0.2, 0.25) is 0 Å². The Kier molecular flexibility index (Phi) is 5.81. The van der Waals surface area contributed by atoms with Crippen LogP contribution in [-0.2, 0) is 4.74 Å². The van der Waals surface area contributed by atoms with Crippen LogP contribution in [0.1, 0.15) is 26.7 Å². The van der Waals surface area contributed by atoms with Gasteiger partial charge in [0, 0.05) is 25.1 Å². The highest BCUT2D eigenvalue weighted by atomic mass is 79.9. The largest absolute Gasteiger partial charge is 0.486 e. The molecule has 3 unspecified atom stereocenters. The van der Waals surface area contributed by atoms with Crippen LogP contribution in [0.2, 0.25) is 0 Å². The number of nitrogens with one attached hydrogen (secondary N) is 1. The van der Waals surface area contributed by atoms with E-state index in [9.17, 15) is 4.39 Å². The minimum Gasteiger partial charge on any atom is -0.486 e. The van der Waals surface area contributed by atoms with Gasteiger partial charge in [-0.3, -0.25) is 0 Å². The van der Waals surface area contributed by atoms with Crippen molar-refractivity contribution in [3.05, 3.63) is 28.5 Å². The van der Waals surface area contributed by atoms with Crippen LogP contribution in [0.3, 0.4) is 0 Å². The summed E-state index contributed by atoms with van der Waals surface area (Å²) in [4.78, 5) is 0. The number of rotatable bonds is 7. The Labute approximate surface area is 128 Å². The highest BCUT2D eigenvalue weighted by Gasteiger charge is 2.43. The Bertz CT molecular complexity index is 444. The summed E-state index contributed by atoms with van der Waals surface area (Å²) in [7, 11) is 0. The van der Waals surface area contributed by atoms with Crippen molar-refractivity contribution >= 4 is 15.9 Å². The van der Waals surface area contributed by atoms with Crippen molar-refractivity contribution in [2.24, 2.45) is 0 Å². The van der Waals surface area contributed by atoms with E-state index >= 15 is 0 Å². The topological polar surface area (TPSA) is 30.5 Å². The van der Waals surface area contributed by atoms with Crippen molar-refractivity contribution < 1.29 is 13.9 Å². The number of ether oxygens (including phenoxy) is 2. The third kappa shape index (κ3) is 3.71. The van der Waals surface area contributed by atoms with Gasteiger partial charge < -0.3 is 14.8 Å². The zero-order chi connectivity index (χ0) is 14.5. The Morgan fingerprint density at radius 3 is 2.90 bits per heavy atom. The lowest BCUT2D eigenvalue weighted by Gasteiger charge is -2.44. The molecule has 20 heavy (non-hydrogen) atoms. The first-order valence-corrected chi connectivity index (χ1v) is 7.91. The lowest BCUT2D eigenvalue weighted by Crippen LogP contribution is -2.61. The molecule has 5 heteroatoms. The van der Waals surface area contributed by atoms with Crippen LogP contribution in [0, 0.1) is 5.82 Å². The second-order valence-electron chi connectivity index (χ2n) is 4.95. The molecule has 112 valence electrons. The van der Waals surface area contributed by atoms with Crippen molar-refractivity contribution in [2.75, 3.05) is 13.2 Å². The Hall–Kier alpha value is -0.650. The fourth-order valence-electron chi connectivity index (χ4n) is 2.37. The first-order valence-electron chi connectivity index (χ1n) is 7.12. The third-order valence-electron chi connectivity index (χ3n) is 3.44. The van der Waals surface area contributed by atoms with Crippen LogP contribution in [-0.4, -0.2) is 31.4 Å². The number of hydrogen-bond donors (Lipinski definition) is 1. The van der Waals surface area contributed by atoms with Gasteiger partial charge in [0.1, 0.15) is 23.8 Å². The van der Waals surface area contributed by atoms with Gasteiger partial charge in [-0.1, -0.05) is 6.92 Å². The average molecular weight is 346 g/mol. The fraction of sp³-hybridized carbons (Fsp3) is 0.600. The molecule has 1 aliphatic carbocycles. The summed E-state index contributed by atoms with van der Waals surface area (Å²) in [6.07, 6.45) is 1.98. The van der Waals surface area contributed by atoms with E-state index in [-0.39, 0.29) is 18.0 Å². The molecule has 3 atom stereocenters. The molecule has 1 N–H and O–H groups in total. The van der Waals surface area contributed by atoms with E-state index in [1.165, 1.54) is 12.1 Å². The summed E-state index contributed by atoms with van der Waals surface area (Å²) in [5.74, 6) is 0.241. The van der Waals surface area contributed by atoms with Crippen LogP contribution in [0.5, 0.6) is 5.75 Å². The Balaban J connectivity index is 1.97. The van der Waals surface area contributed by atoms with Gasteiger partial charge in [-0.25, -0.2) is 4.39 Å². The van der Waals surface area contributed by atoms with E-state index in [0.717, 1.165) is 23.9 Å². The fourth-order valence-corrected chi connectivity index (χ4v) is 2.71. The predicted molar refractivity (Wildman–Crippen MR) is 80.6 cm³/mol. The molecule has 3 nitrogen and oxygen atoms in total. The first kappa shape index (κ1) is 15.7. The molecule has 0 heterocycles. The molecule has 0 saturated heterocycles. The van der Waals surface area contributed by atoms with Crippen LogP contribution in [0.25, 0.3) is 0 Å². The smallest absolute Gasteiger partial charge is 0.136 e. The van der Waals surface area contributed by atoms with Crippen molar-refractivity contribution in [3.63, 3.8) is 0 Å². The maximum atomic E-state index is 13.3. The summed E-state index contributed by atoms with van der Waals surface area (Å²) >= 11 is 3.38. The molecule has 1 fully saturated rings. The van der Waals surface area contributed by atoms with Crippen molar-refractivity contribution in [3.8, 4) is 5.75 Å². The maximum absolute atomic E-state index is 13.3. The molecule has 1 aromatic rings. The second kappa shape index (κ2) is 7.38. The van der Waals surface area contributed by atoms with Gasteiger partial charge in [-0.2, -0.15) is 0 Å². The minimum absolute atomic E-state index is 0.0255. The zero-order valence-electron chi connectivity index (χ0n) is 11.9. The molecular formula is C15H21BrFNO2. The maximum Gasteiger partial charge on any atom is 0.136 e. The summed E-state index contributed by atoms with van der Waals surface area (Å²) in [5.41, 5.74) is 0. The standard InChI is InChI=1S/C15H21BrFNO2/c1-3-7-18-12-9-14(15(12)19-4-2)20-13-8-10(17)5-6-11(13)16/h5-6,8,12,14-15,18H,3-4,7,9H2,1-2H3. The molecule has 0 amide bonds. The molecule has 1 aliphatic rings. The van der Waals surface area contributed by atoms with Gasteiger partial charge in [0.15, 0.2) is 0 Å². The number of halogens is 2. The monoisotopic (exact) mass is 345 g/mol. The lowest BCUT2D eigenvalue weighted by molar-refractivity contribution is -0.104. The quantitative estimate of drug-likeness (QED) is 0.820. The van der Waals surface area contributed by atoms with Gasteiger partial charge in [-0.05, 0) is 48.0 Å². The van der Waals surface area contributed by atoms with Gasteiger partial charge in [0.25, 0.3) is 0 Å². The van der Waals surface area contributed by atoms with Crippen molar-refractivity contribution in [1.29, 1.82) is 0 Å². The molecule has 2 rings (SSSR count). The first-order chi connectivity index (χ1) is 9.65. The summed E-state index contributed by atoms with van der Waals surface area (Å²) in [6.45, 7) is 5.74. The lowest BCUT2D eigenvalue weighted by atomic mass is 9.85. The molecule has 0 bridgehead atoms. The van der Waals surface area contributed by atoms with E-state index in [2.05, 4.69) is 28.2 Å². The minimum atomic E-state index is -0.295. The molecule has 1 aromatic carbocycles. The van der Waals surface area contributed by atoms with Crippen LogP contribution >= 0.6 is 15.9 Å². The van der Waals surface area contributed by atoms with E-state index in [1.54, 1.807) is 6.07 Å². The van der Waals surface area contributed by atoms with Crippen LogP contribution in [0.15, 0.2) is 22.7 Å². The summed E-state index contributed by atoms with van der Waals surface area (Å²) in [6, 6.07) is 4.79. The Morgan fingerprint density at radius 1 is 1.40 bits per heavy atom.